The van der Waals surface area contributed by atoms with E-state index in [1.165, 1.54) is 5.56 Å². The van der Waals surface area contributed by atoms with E-state index >= 15 is 0 Å². The summed E-state index contributed by atoms with van der Waals surface area (Å²) in [6.45, 7) is 0. The normalized spacial score (nSPS) is 10.3. The molecule has 1 aromatic carbocycles. The average molecular weight is 229 g/mol. The Bertz CT molecular complexity index is 248. The molecule has 1 aromatic rings. The molecule has 0 unspecified atom stereocenters. The van der Waals surface area contributed by atoms with E-state index < -0.39 is 0 Å². The SMILES string of the molecule is CN(C)Nc1ccccc1CBr. The lowest BCUT2D eigenvalue weighted by Gasteiger charge is -2.15. The van der Waals surface area contributed by atoms with Gasteiger partial charge in [-0.1, -0.05) is 34.1 Å². The first-order chi connectivity index (χ1) is 5.74. The van der Waals surface area contributed by atoms with Crippen molar-refractivity contribution in [2.24, 2.45) is 0 Å². The highest BCUT2D eigenvalue weighted by molar-refractivity contribution is 9.08. The van der Waals surface area contributed by atoms with Gasteiger partial charge in [-0.15, -0.1) is 0 Å². The second kappa shape index (κ2) is 4.48. The number of nitrogens with zero attached hydrogens (tertiary/aromatic N) is 1. The maximum Gasteiger partial charge on any atom is 0.0530 e. The number of alkyl halides is 1. The molecule has 0 aromatic heterocycles. The Morgan fingerprint density at radius 1 is 1.33 bits per heavy atom. The molecule has 2 nitrogen and oxygen atoms in total. The number of benzene rings is 1. The van der Waals surface area contributed by atoms with Gasteiger partial charge in [-0.3, -0.25) is 0 Å². The molecule has 12 heavy (non-hydrogen) atoms. The molecule has 0 spiro atoms. The first-order valence-corrected chi connectivity index (χ1v) is 4.94. The zero-order chi connectivity index (χ0) is 8.97. The fraction of sp³-hybridized carbons (Fsp3) is 0.333. The molecule has 0 saturated carbocycles. The molecule has 0 bridgehead atoms. The Hall–Kier alpha value is -0.540. The summed E-state index contributed by atoms with van der Waals surface area (Å²) < 4.78 is 0. The van der Waals surface area contributed by atoms with E-state index in [9.17, 15) is 0 Å². The van der Waals surface area contributed by atoms with Crippen molar-refractivity contribution in [1.82, 2.24) is 5.01 Å². The summed E-state index contributed by atoms with van der Waals surface area (Å²) in [7, 11) is 3.95. The van der Waals surface area contributed by atoms with E-state index in [0.29, 0.717) is 0 Å². The van der Waals surface area contributed by atoms with Gasteiger partial charge in [0.25, 0.3) is 0 Å². The van der Waals surface area contributed by atoms with Crippen LogP contribution >= 0.6 is 15.9 Å². The van der Waals surface area contributed by atoms with Crippen LogP contribution in [-0.2, 0) is 5.33 Å². The summed E-state index contributed by atoms with van der Waals surface area (Å²) in [5, 5.41) is 2.81. The third kappa shape index (κ3) is 2.50. The largest absolute Gasteiger partial charge is 0.319 e. The predicted molar refractivity (Wildman–Crippen MR) is 56.4 cm³/mol. The predicted octanol–water partition coefficient (Wildman–Crippen LogP) is 2.47. The Morgan fingerprint density at radius 2 is 2.00 bits per heavy atom. The highest BCUT2D eigenvalue weighted by Crippen LogP contribution is 2.17. The summed E-state index contributed by atoms with van der Waals surface area (Å²) in [5.41, 5.74) is 5.65. The molecule has 0 amide bonds. The number of hydrogen-bond acceptors (Lipinski definition) is 2. The standard InChI is InChI=1S/C9H13BrN2/c1-12(2)11-9-6-4-3-5-8(9)7-10/h3-6,11H,7H2,1-2H3. The lowest BCUT2D eigenvalue weighted by Crippen LogP contribution is -2.20. The molecule has 0 aliphatic carbocycles. The molecule has 0 atom stereocenters. The number of halogens is 1. The van der Waals surface area contributed by atoms with Crippen LogP contribution in [-0.4, -0.2) is 19.1 Å². The highest BCUT2D eigenvalue weighted by Gasteiger charge is 1.98. The number of rotatable bonds is 3. The van der Waals surface area contributed by atoms with Crippen molar-refractivity contribution >= 4 is 21.6 Å². The van der Waals surface area contributed by atoms with Crippen LogP contribution in [0.4, 0.5) is 5.69 Å². The number of hydrazine groups is 1. The van der Waals surface area contributed by atoms with Gasteiger partial charge in [-0.05, 0) is 11.6 Å². The Morgan fingerprint density at radius 3 is 2.58 bits per heavy atom. The second-order valence-corrected chi connectivity index (χ2v) is 3.36. The summed E-state index contributed by atoms with van der Waals surface area (Å²) in [4.78, 5) is 0. The fourth-order valence-corrected chi connectivity index (χ4v) is 1.48. The van der Waals surface area contributed by atoms with Crippen molar-refractivity contribution in [2.45, 2.75) is 5.33 Å². The lowest BCUT2D eigenvalue weighted by atomic mass is 10.2. The lowest BCUT2D eigenvalue weighted by molar-refractivity contribution is 0.495. The minimum Gasteiger partial charge on any atom is -0.319 e. The van der Waals surface area contributed by atoms with Gasteiger partial charge in [0.05, 0.1) is 5.69 Å². The molecular weight excluding hydrogens is 216 g/mol. The topological polar surface area (TPSA) is 15.3 Å². The van der Waals surface area contributed by atoms with Crippen molar-refractivity contribution in [3.63, 3.8) is 0 Å². The van der Waals surface area contributed by atoms with Crippen LogP contribution < -0.4 is 5.43 Å². The number of anilines is 1. The van der Waals surface area contributed by atoms with Crippen LogP contribution in [0, 0.1) is 0 Å². The van der Waals surface area contributed by atoms with Crippen LogP contribution in [0.1, 0.15) is 5.56 Å². The Balaban J connectivity index is 2.82. The number of nitrogens with one attached hydrogen (secondary N) is 1. The van der Waals surface area contributed by atoms with Gasteiger partial charge in [0.2, 0.25) is 0 Å². The van der Waals surface area contributed by atoms with Crippen LogP contribution in [0.5, 0.6) is 0 Å². The van der Waals surface area contributed by atoms with Gasteiger partial charge in [-0.25, -0.2) is 5.01 Å². The minimum atomic E-state index is 0.879. The summed E-state index contributed by atoms with van der Waals surface area (Å²) >= 11 is 3.44. The fourth-order valence-electron chi connectivity index (χ4n) is 0.987. The van der Waals surface area contributed by atoms with Gasteiger partial charge >= 0.3 is 0 Å². The van der Waals surface area contributed by atoms with Crippen LogP contribution in [0.3, 0.4) is 0 Å². The van der Waals surface area contributed by atoms with Gasteiger partial charge in [0.15, 0.2) is 0 Å². The Labute approximate surface area is 81.7 Å². The molecular formula is C9H13BrN2. The van der Waals surface area contributed by atoms with Crippen molar-refractivity contribution < 1.29 is 0 Å². The van der Waals surface area contributed by atoms with Crippen molar-refractivity contribution in [3.05, 3.63) is 29.8 Å². The maximum atomic E-state index is 3.44. The molecule has 0 saturated heterocycles. The van der Waals surface area contributed by atoms with Crippen molar-refractivity contribution in [2.75, 3.05) is 19.5 Å². The van der Waals surface area contributed by atoms with Gasteiger partial charge in [-0.2, -0.15) is 0 Å². The van der Waals surface area contributed by atoms with Gasteiger partial charge < -0.3 is 5.43 Å². The van der Waals surface area contributed by atoms with E-state index in [4.69, 9.17) is 0 Å². The van der Waals surface area contributed by atoms with E-state index in [1.807, 2.05) is 31.2 Å². The third-order valence-electron chi connectivity index (χ3n) is 1.51. The molecule has 0 radical (unpaired) electrons. The molecule has 66 valence electrons. The molecule has 3 heteroatoms. The van der Waals surface area contributed by atoms with Gasteiger partial charge in [0, 0.05) is 19.4 Å². The number of para-hydroxylation sites is 1. The highest BCUT2D eigenvalue weighted by atomic mass is 79.9. The molecule has 0 heterocycles. The monoisotopic (exact) mass is 228 g/mol. The minimum absolute atomic E-state index is 0.879. The summed E-state index contributed by atoms with van der Waals surface area (Å²) in [6, 6.07) is 8.23. The molecule has 1 N–H and O–H groups in total. The van der Waals surface area contributed by atoms with Crippen molar-refractivity contribution in [3.8, 4) is 0 Å². The van der Waals surface area contributed by atoms with E-state index in [0.717, 1.165) is 11.0 Å². The quantitative estimate of drug-likeness (QED) is 0.632. The van der Waals surface area contributed by atoms with Crippen molar-refractivity contribution in [1.29, 1.82) is 0 Å². The molecule has 0 aliphatic rings. The first-order valence-electron chi connectivity index (χ1n) is 3.82. The molecule has 0 fully saturated rings. The summed E-state index contributed by atoms with van der Waals surface area (Å²) in [5.74, 6) is 0. The van der Waals surface area contributed by atoms with Crippen LogP contribution in [0.25, 0.3) is 0 Å². The molecule has 1 rings (SSSR count). The third-order valence-corrected chi connectivity index (χ3v) is 2.11. The molecule has 0 aliphatic heterocycles. The second-order valence-electron chi connectivity index (χ2n) is 2.80. The van der Waals surface area contributed by atoms with Crippen LogP contribution in [0.15, 0.2) is 24.3 Å². The first kappa shape index (κ1) is 9.55. The zero-order valence-corrected chi connectivity index (χ0v) is 8.93. The smallest absolute Gasteiger partial charge is 0.0530 e. The van der Waals surface area contributed by atoms with Gasteiger partial charge in [0.1, 0.15) is 0 Å². The Kier molecular flexibility index (Phi) is 3.56. The van der Waals surface area contributed by atoms with Crippen LogP contribution in [0.2, 0.25) is 0 Å². The summed E-state index contributed by atoms with van der Waals surface area (Å²) in [6.07, 6.45) is 0. The van der Waals surface area contributed by atoms with E-state index in [-0.39, 0.29) is 0 Å². The van der Waals surface area contributed by atoms with E-state index in [2.05, 4.69) is 33.5 Å². The number of hydrogen-bond donors (Lipinski definition) is 1. The zero-order valence-electron chi connectivity index (χ0n) is 7.34. The average Bonchev–Trinajstić information content (AvgIpc) is 2.04. The maximum absolute atomic E-state index is 3.44. The van der Waals surface area contributed by atoms with E-state index in [1.54, 1.807) is 0 Å².